The molecule has 1 saturated heterocycles. The van der Waals surface area contributed by atoms with Gasteiger partial charge in [-0.1, -0.05) is 56.4 Å². The van der Waals surface area contributed by atoms with E-state index in [1.807, 2.05) is 0 Å². The molecule has 1 unspecified atom stereocenters. The smallest absolute Gasteiger partial charge is 0.137 e. The zero-order valence-electron chi connectivity index (χ0n) is 13.4. The van der Waals surface area contributed by atoms with Gasteiger partial charge in [-0.2, -0.15) is 0 Å². The van der Waals surface area contributed by atoms with Crippen LogP contribution in [-0.2, 0) is 16.0 Å². The Morgan fingerprint density at radius 3 is 2.59 bits per heavy atom. The summed E-state index contributed by atoms with van der Waals surface area (Å²) in [6.45, 7) is 2.58. The minimum Gasteiger partial charge on any atom is -0.371 e. The predicted molar refractivity (Wildman–Crippen MR) is 87.9 cm³/mol. The van der Waals surface area contributed by atoms with Crippen LogP contribution in [0, 0.1) is 5.92 Å². The molecule has 0 bridgehead atoms. The largest absolute Gasteiger partial charge is 0.371 e. The van der Waals surface area contributed by atoms with E-state index < -0.39 is 0 Å². The molecule has 1 saturated carbocycles. The van der Waals surface area contributed by atoms with E-state index in [4.69, 9.17) is 4.74 Å². The number of Topliss-reactive ketones (excluding diaryl/α,β-unsaturated/α-hetero) is 1. The highest BCUT2D eigenvalue weighted by atomic mass is 16.5. The van der Waals surface area contributed by atoms with Crippen LogP contribution >= 0.6 is 0 Å². The summed E-state index contributed by atoms with van der Waals surface area (Å²) in [5, 5.41) is 3.35. The monoisotopic (exact) mass is 301 g/mol. The fourth-order valence-corrected chi connectivity index (χ4v) is 3.64. The molecule has 1 aromatic rings. The molecule has 0 aromatic heterocycles. The van der Waals surface area contributed by atoms with Crippen molar-refractivity contribution in [2.45, 2.75) is 51.0 Å². The Labute approximate surface area is 133 Å². The molecule has 1 aliphatic carbocycles. The zero-order valence-corrected chi connectivity index (χ0v) is 13.4. The fourth-order valence-electron chi connectivity index (χ4n) is 3.64. The quantitative estimate of drug-likeness (QED) is 0.905. The standard InChI is InChI=1S/C19H27NO2/c21-18(12-15-4-2-1-3-5-15)13-16-6-8-17(9-7-16)19-14-20-10-11-22-19/h6-9,15,19-20H,1-5,10-14H2. The molecule has 3 nitrogen and oxygen atoms in total. The minimum atomic E-state index is 0.153. The third-order valence-electron chi connectivity index (χ3n) is 4.92. The van der Waals surface area contributed by atoms with Crippen molar-refractivity contribution >= 4 is 5.78 Å². The van der Waals surface area contributed by atoms with E-state index in [9.17, 15) is 4.79 Å². The van der Waals surface area contributed by atoms with Crippen molar-refractivity contribution in [3.8, 4) is 0 Å². The summed E-state index contributed by atoms with van der Waals surface area (Å²) in [5.41, 5.74) is 2.34. The number of carbonyl (C=O) groups excluding carboxylic acids is 1. The lowest BCUT2D eigenvalue weighted by Gasteiger charge is -2.24. The van der Waals surface area contributed by atoms with Crippen molar-refractivity contribution in [3.05, 3.63) is 35.4 Å². The lowest BCUT2D eigenvalue weighted by molar-refractivity contribution is -0.119. The van der Waals surface area contributed by atoms with Crippen molar-refractivity contribution in [2.75, 3.05) is 19.7 Å². The van der Waals surface area contributed by atoms with Crippen LogP contribution in [0.5, 0.6) is 0 Å². The molecule has 1 N–H and O–H groups in total. The molecule has 1 aliphatic heterocycles. The van der Waals surface area contributed by atoms with Crippen LogP contribution in [0.3, 0.4) is 0 Å². The van der Waals surface area contributed by atoms with E-state index in [0.29, 0.717) is 18.1 Å². The molecule has 120 valence electrons. The molecule has 1 atom stereocenters. The average Bonchev–Trinajstić information content (AvgIpc) is 2.57. The number of carbonyl (C=O) groups is 1. The summed E-state index contributed by atoms with van der Waals surface area (Å²) in [4.78, 5) is 12.2. The highest BCUT2D eigenvalue weighted by Gasteiger charge is 2.18. The summed E-state index contributed by atoms with van der Waals surface area (Å²) in [6, 6.07) is 8.40. The van der Waals surface area contributed by atoms with Crippen molar-refractivity contribution in [3.63, 3.8) is 0 Å². The highest BCUT2D eigenvalue weighted by Crippen LogP contribution is 2.27. The normalized spacial score (nSPS) is 23.4. The van der Waals surface area contributed by atoms with Crippen molar-refractivity contribution < 1.29 is 9.53 Å². The molecule has 2 aliphatic rings. The third kappa shape index (κ3) is 4.40. The molecule has 0 spiro atoms. The van der Waals surface area contributed by atoms with Gasteiger partial charge >= 0.3 is 0 Å². The molecule has 0 amide bonds. The molecular weight excluding hydrogens is 274 g/mol. The first-order valence-electron chi connectivity index (χ1n) is 8.74. The van der Waals surface area contributed by atoms with Crippen LogP contribution in [0.2, 0.25) is 0 Å². The first-order valence-corrected chi connectivity index (χ1v) is 8.74. The van der Waals surface area contributed by atoms with Crippen LogP contribution in [-0.4, -0.2) is 25.5 Å². The number of ketones is 1. The van der Waals surface area contributed by atoms with E-state index in [2.05, 4.69) is 29.6 Å². The Morgan fingerprint density at radius 1 is 1.14 bits per heavy atom. The van der Waals surface area contributed by atoms with Crippen LogP contribution in [0.15, 0.2) is 24.3 Å². The molecule has 3 heteroatoms. The van der Waals surface area contributed by atoms with E-state index in [-0.39, 0.29) is 6.10 Å². The van der Waals surface area contributed by atoms with Gasteiger partial charge in [0.05, 0.1) is 12.7 Å². The van der Waals surface area contributed by atoms with Crippen molar-refractivity contribution in [2.24, 2.45) is 5.92 Å². The number of benzene rings is 1. The summed E-state index contributed by atoms with van der Waals surface area (Å²) >= 11 is 0. The van der Waals surface area contributed by atoms with Gasteiger partial charge in [0.1, 0.15) is 5.78 Å². The molecule has 22 heavy (non-hydrogen) atoms. The van der Waals surface area contributed by atoms with Gasteiger partial charge in [0, 0.05) is 25.9 Å². The molecule has 2 fully saturated rings. The average molecular weight is 301 g/mol. The van der Waals surface area contributed by atoms with Gasteiger partial charge in [-0.3, -0.25) is 4.79 Å². The van der Waals surface area contributed by atoms with Gasteiger partial charge in [-0.15, -0.1) is 0 Å². The second-order valence-corrected chi connectivity index (χ2v) is 6.73. The van der Waals surface area contributed by atoms with Crippen LogP contribution in [0.25, 0.3) is 0 Å². The topological polar surface area (TPSA) is 38.3 Å². The molecule has 0 radical (unpaired) electrons. The summed E-state index contributed by atoms with van der Waals surface area (Å²) in [7, 11) is 0. The van der Waals surface area contributed by atoms with E-state index in [1.165, 1.54) is 37.7 Å². The maximum Gasteiger partial charge on any atom is 0.137 e. The predicted octanol–water partition coefficient (Wildman–Crippen LogP) is 3.43. The van der Waals surface area contributed by atoms with E-state index in [0.717, 1.165) is 31.7 Å². The number of ether oxygens (including phenoxy) is 1. The van der Waals surface area contributed by atoms with Gasteiger partial charge in [0.15, 0.2) is 0 Å². The Bertz CT molecular complexity index is 471. The fraction of sp³-hybridized carbons (Fsp3) is 0.632. The third-order valence-corrected chi connectivity index (χ3v) is 4.92. The molecular formula is C19H27NO2. The Morgan fingerprint density at radius 2 is 1.91 bits per heavy atom. The van der Waals surface area contributed by atoms with Crippen LogP contribution in [0.1, 0.15) is 55.8 Å². The van der Waals surface area contributed by atoms with Crippen LogP contribution < -0.4 is 5.32 Å². The molecule has 3 rings (SSSR count). The van der Waals surface area contributed by atoms with Gasteiger partial charge < -0.3 is 10.1 Å². The zero-order chi connectivity index (χ0) is 15.2. The minimum absolute atomic E-state index is 0.153. The van der Waals surface area contributed by atoms with Gasteiger partial charge in [0.25, 0.3) is 0 Å². The molecule has 1 aromatic carbocycles. The van der Waals surface area contributed by atoms with Crippen molar-refractivity contribution in [1.82, 2.24) is 5.32 Å². The number of rotatable bonds is 5. The van der Waals surface area contributed by atoms with Gasteiger partial charge in [-0.25, -0.2) is 0 Å². The SMILES string of the molecule is O=C(Cc1ccc(C2CNCCO2)cc1)CC1CCCCC1. The summed E-state index contributed by atoms with van der Waals surface area (Å²) in [6.07, 6.45) is 7.97. The number of morpholine rings is 1. The molecule has 1 heterocycles. The van der Waals surface area contributed by atoms with E-state index >= 15 is 0 Å². The summed E-state index contributed by atoms with van der Waals surface area (Å²) in [5.74, 6) is 1.04. The Hall–Kier alpha value is -1.19. The number of hydrogen-bond acceptors (Lipinski definition) is 3. The maximum atomic E-state index is 12.2. The number of hydrogen-bond donors (Lipinski definition) is 1. The second-order valence-electron chi connectivity index (χ2n) is 6.73. The van der Waals surface area contributed by atoms with Gasteiger partial charge in [0.2, 0.25) is 0 Å². The Balaban J connectivity index is 1.50. The summed E-state index contributed by atoms with van der Waals surface area (Å²) < 4.78 is 5.76. The Kier molecular flexibility index (Phi) is 5.63. The lowest BCUT2D eigenvalue weighted by atomic mass is 9.85. The first kappa shape index (κ1) is 15.7. The highest BCUT2D eigenvalue weighted by molar-refractivity contribution is 5.81. The van der Waals surface area contributed by atoms with E-state index in [1.54, 1.807) is 0 Å². The van der Waals surface area contributed by atoms with Crippen LogP contribution in [0.4, 0.5) is 0 Å². The second kappa shape index (κ2) is 7.89. The lowest BCUT2D eigenvalue weighted by Crippen LogP contribution is -2.33. The van der Waals surface area contributed by atoms with Crippen molar-refractivity contribution in [1.29, 1.82) is 0 Å². The van der Waals surface area contributed by atoms with Gasteiger partial charge in [-0.05, 0) is 17.0 Å². The maximum absolute atomic E-state index is 12.2. The number of nitrogens with one attached hydrogen (secondary N) is 1. The first-order chi connectivity index (χ1) is 10.8.